The van der Waals surface area contributed by atoms with E-state index < -0.39 is 12.1 Å². The predicted octanol–water partition coefficient (Wildman–Crippen LogP) is 1.97. The highest BCUT2D eigenvalue weighted by molar-refractivity contribution is 5.71. The standard InChI is InChI=1S/C12H20O4/c1-9(11(13)14)15-8-10-4-7-12(16-10)5-2-3-6-12/h9-10H,2-8H2,1H3,(H,13,14). The molecule has 2 rings (SSSR count). The summed E-state index contributed by atoms with van der Waals surface area (Å²) in [6.07, 6.45) is 6.34. The first-order valence-electron chi connectivity index (χ1n) is 6.14. The summed E-state index contributed by atoms with van der Waals surface area (Å²) in [6, 6.07) is 0. The Balaban J connectivity index is 1.74. The maximum Gasteiger partial charge on any atom is 0.332 e. The van der Waals surface area contributed by atoms with E-state index >= 15 is 0 Å². The molecule has 1 spiro atoms. The number of carboxylic acid groups (broad SMARTS) is 1. The van der Waals surface area contributed by atoms with Gasteiger partial charge in [0.1, 0.15) is 0 Å². The van der Waals surface area contributed by atoms with Crippen LogP contribution >= 0.6 is 0 Å². The van der Waals surface area contributed by atoms with Crippen LogP contribution in [0.2, 0.25) is 0 Å². The molecule has 2 fully saturated rings. The third-order valence-electron chi connectivity index (χ3n) is 3.73. The lowest BCUT2D eigenvalue weighted by molar-refractivity contribution is -0.152. The number of carboxylic acids is 1. The van der Waals surface area contributed by atoms with Gasteiger partial charge in [0.15, 0.2) is 6.10 Å². The molecular formula is C12H20O4. The van der Waals surface area contributed by atoms with Gasteiger partial charge in [0.2, 0.25) is 0 Å². The zero-order valence-electron chi connectivity index (χ0n) is 9.78. The fraction of sp³-hybridized carbons (Fsp3) is 0.917. The van der Waals surface area contributed by atoms with Gasteiger partial charge in [0.05, 0.1) is 18.3 Å². The van der Waals surface area contributed by atoms with Crippen LogP contribution in [0.15, 0.2) is 0 Å². The van der Waals surface area contributed by atoms with Crippen molar-refractivity contribution in [2.24, 2.45) is 0 Å². The lowest BCUT2D eigenvalue weighted by atomic mass is 9.98. The van der Waals surface area contributed by atoms with Crippen molar-refractivity contribution in [1.82, 2.24) is 0 Å². The molecule has 1 saturated carbocycles. The lowest BCUT2D eigenvalue weighted by Gasteiger charge is -2.24. The highest BCUT2D eigenvalue weighted by Gasteiger charge is 2.42. The summed E-state index contributed by atoms with van der Waals surface area (Å²) >= 11 is 0. The van der Waals surface area contributed by atoms with E-state index in [0.29, 0.717) is 6.61 Å². The Kier molecular flexibility index (Phi) is 3.50. The van der Waals surface area contributed by atoms with E-state index in [1.807, 2.05) is 0 Å². The summed E-state index contributed by atoms with van der Waals surface area (Å²) in [5.41, 5.74) is 0.112. The second kappa shape index (κ2) is 4.72. The van der Waals surface area contributed by atoms with Crippen LogP contribution in [0.25, 0.3) is 0 Å². The van der Waals surface area contributed by atoms with E-state index in [1.165, 1.54) is 12.8 Å². The molecule has 0 radical (unpaired) electrons. The Hall–Kier alpha value is -0.610. The summed E-state index contributed by atoms with van der Waals surface area (Å²) < 4.78 is 11.3. The van der Waals surface area contributed by atoms with Crippen molar-refractivity contribution in [3.05, 3.63) is 0 Å². The van der Waals surface area contributed by atoms with Gasteiger partial charge in [-0.3, -0.25) is 0 Å². The molecule has 4 nitrogen and oxygen atoms in total. The minimum atomic E-state index is -0.909. The maximum atomic E-state index is 10.6. The molecule has 2 unspecified atom stereocenters. The molecule has 1 N–H and O–H groups in total. The molecule has 0 aromatic rings. The van der Waals surface area contributed by atoms with Crippen LogP contribution in [0.4, 0.5) is 0 Å². The smallest absolute Gasteiger partial charge is 0.332 e. The Morgan fingerprint density at radius 2 is 2.19 bits per heavy atom. The van der Waals surface area contributed by atoms with E-state index in [0.717, 1.165) is 25.7 Å². The summed E-state index contributed by atoms with van der Waals surface area (Å²) in [6.45, 7) is 1.97. The maximum absolute atomic E-state index is 10.6. The lowest BCUT2D eigenvalue weighted by Crippen LogP contribution is -2.29. The van der Waals surface area contributed by atoms with E-state index in [1.54, 1.807) is 6.92 Å². The molecule has 2 atom stereocenters. The van der Waals surface area contributed by atoms with Gasteiger partial charge in [-0.15, -0.1) is 0 Å². The van der Waals surface area contributed by atoms with E-state index in [2.05, 4.69) is 0 Å². The molecule has 0 aromatic heterocycles. The fourth-order valence-corrected chi connectivity index (χ4v) is 2.72. The third kappa shape index (κ3) is 2.55. The van der Waals surface area contributed by atoms with Crippen LogP contribution in [0, 0.1) is 0 Å². The number of aliphatic carboxylic acids is 1. The largest absolute Gasteiger partial charge is 0.479 e. The third-order valence-corrected chi connectivity index (χ3v) is 3.73. The van der Waals surface area contributed by atoms with Gasteiger partial charge < -0.3 is 14.6 Å². The van der Waals surface area contributed by atoms with Crippen molar-refractivity contribution in [2.45, 2.75) is 63.3 Å². The second-order valence-corrected chi connectivity index (χ2v) is 4.98. The van der Waals surface area contributed by atoms with Crippen molar-refractivity contribution in [3.63, 3.8) is 0 Å². The number of hydrogen-bond donors (Lipinski definition) is 1. The van der Waals surface area contributed by atoms with Gasteiger partial charge in [-0.2, -0.15) is 0 Å². The van der Waals surface area contributed by atoms with E-state index in [4.69, 9.17) is 14.6 Å². The predicted molar refractivity (Wildman–Crippen MR) is 58.4 cm³/mol. The van der Waals surface area contributed by atoms with Crippen LogP contribution in [0.3, 0.4) is 0 Å². The van der Waals surface area contributed by atoms with Crippen LogP contribution in [0.1, 0.15) is 45.4 Å². The van der Waals surface area contributed by atoms with Crippen LogP contribution in [-0.2, 0) is 14.3 Å². The number of hydrogen-bond acceptors (Lipinski definition) is 3. The summed E-state index contributed by atoms with van der Waals surface area (Å²) in [5, 5.41) is 8.70. The van der Waals surface area contributed by atoms with Gasteiger partial charge in [0, 0.05) is 0 Å². The van der Waals surface area contributed by atoms with Crippen molar-refractivity contribution < 1.29 is 19.4 Å². The number of rotatable bonds is 4. The first-order chi connectivity index (χ1) is 7.61. The molecule has 16 heavy (non-hydrogen) atoms. The minimum Gasteiger partial charge on any atom is -0.479 e. The molecule has 1 aliphatic heterocycles. The van der Waals surface area contributed by atoms with Crippen molar-refractivity contribution in [1.29, 1.82) is 0 Å². The fourth-order valence-electron chi connectivity index (χ4n) is 2.72. The average molecular weight is 228 g/mol. The zero-order valence-corrected chi connectivity index (χ0v) is 9.78. The van der Waals surface area contributed by atoms with Gasteiger partial charge >= 0.3 is 5.97 Å². The molecular weight excluding hydrogens is 208 g/mol. The molecule has 0 aromatic carbocycles. The molecule has 0 bridgehead atoms. The zero-order chi connectivity index (χ0) is 11.6. The Morgan fingerprint density at radius 1 is 1.50 bits per heavy atom. The van der Waals surface area contributed by atoms with Gasteiger partial charge in [-0.1, -0.05) is 12.8 Å². The van der Waals surface area contributed by atoms with Crippen LogP contribution < -0.4 is 0 Å². The normalized spacial score (nSPS) is 29.7. The minimum absolute atomic E-state index is 0.0971. The molecule has 1 heterocycles. The van der Waals surface area contributed by atoms with Crippen molar-refractivity contribution in [2.75, 3.05) is 6.61 Å². The van der Waals surface area contributed by atoms with E-state index in [-0.39, 0.29) is 11.7 Å². The summed E-state index contributed by atoms with van der Waals surface area (Å²) in [7, 11) is 0. The Bertz CT molecular complexity index is 258. The summed E-state index contributed by atoms with van der Waals surface area (Å²) in [5.74, 6) is -0.909. The molecule has 92 valence electrons. The van der Waals surface area contributed by atoms with Gasteiger partial charge in [-0.25, -0.2) is 4.79 Å². The highest BCUT2D eigenvalue weighted by Crippen LogP contribution is 2.43. The Labute approximate surface area is 95.9 Å². The van der Waals surface area contributed by atoms with Gasteiger partial charge in [0.25, 0.3) is 0 Å². The topological polar surface area (TPSA) is 55.8 Å². The first-order valence-corrected chi connectivity index (χ1v) is 6.14. The van der Waals surface area contributed by atoms with E-state index in [9.17, 15) is 4.79 Å². The second-order valence-electron chi connectivity index (χ2n) is 4.98. The molecule has 1 saturated heterocycles. The highest BCUT2D eigenvalue weighted by atomic mass is 16.6. The first kappa shape index (κ1) is 11.9. The van der Waals surface area contributed by atoms with Crippen molar-refractivity contribution >= 4 is 5.97 Å². The monoisotopic (exact) mass is 228 g/mol. The van der Waals surface area contributed by atoms with Gasteiger partial charge in [-0.05, 0) is 32.6 Å². The summed E-state index contributed by atoms with van der Waals surface area (Å²) in [4.78, 5) is 10.6. The van der Waals surface area contributed by atoms with Crippen LogP contribution in [-0.4, -0.2) is 35.5 Å². The molecule has 0 amide bonds. The average Bonchev–Trinajstić information content (AvgIpc) is 2.86. The molecule has 2 aliphatic rings. The number of carbonyl (C=O) groups is 1. The molecule has 1 aliphatic carbocycles. The van der Waals surface area contributed by atoms with Crippen molar-refractivity contribution in [3.8, 4) is 0 Å². The Morgan fingerprint density at radius 3 is 2.81 bits per heavy atom. The molecule has 4 heteroatoms. The van der Waals surface area contributed by atoms with Crippen LogP contribution in [0.5, 0.6) is 0 Å². The number of ether oxygens (including phenoxy) is 2. The quantitative estimate of drug-likeness (QED) is 0.799. The SMILES string of the molecule is CC(OCC1CCC2(CCCC2)O1)C(=O)O.